The van der Waals surface area contributed by atoms with Gasteiger partial charge in [-0.1, -0.05) is 0 Å². The fourth-order valence-corrected chi connectivity index (χ4v) is 0.860. The Morgan fingerprint density at radius 2 is 2.36 bits per heavy atom. The van der Waals surface area contributed by atoms with Crippen LogP contribution in [0.3, 0.4) is 0 Å². The Bertz CT molecular complexity index is 328. The number of hydrogen-bond acceptors (Lipinski definition) is 7. The van der Waals surface area contributed by atoms with E-state index in [1.165, 1.54) is 6.33 Å². The molecule has 0 radical (unpaired) electrons. The Balaban J connectivity index is 2.96. The SMILES string of the molecule is CO[C@H](C)Nc1ncnc(N)c1N=N. The lowest BCUT2D eigenvalue weighted by atomic mass is 10.4. The zero-order valence-electron chi connectivity index (χ0n) is 7.98. The van der Waals surface area contributed by atoms with Crippen LogP contribution in [-0.2, 0) is 4.74 Å². The van der Waals surface area contributed by atoms with Crippen molar-refractivity contribution in [1.82, 2.24) is 9.97 Å². The van der Waals surface area contributed by atoms with Crippen LogP contribution in [-0.4, -0.2) is 23.3 Å². The van der Waals surface area contributed by atoms with E-state index in [4.69, 9.17) is 16.0 Å². The number of aromatic nitrogens is 2. The average molecular weight is 196 g/mol. The number of rotatable bonds is 4. The summed E-state index contributed by atoms with van der Waals surface area (Å²) in [6, 6.07) is 0. The van der Waals surface area contributed by atoms with Crippen molar-refractivity contribution < 1.29 is 4.74 Å². The number of nitrogens with zero attached hydrogens (tertiary/aromatic N) is 3. The summed E-state index contributed by atoms with van der Waals surface area (Å²) in [5, 5.41) is 6.12. The lowest BCUT2D eigenvalue weighted by Gasteiger charge is -2.13. The highest BCUT2D eigenvalue weighted by Gasteiger charge is 2.09. The van der Waals surface area contributed by atoms with Crippen molar-refractivity contribution in [1.29, 1.82) is 5.53 Å². The van der Waals surface area contributed by atoms with Crippen LogP contribution in [0.5, 0.6) is 0 Å². The van der Waals surface area contributed by atoms with Crippen molar-refractivity contribution in [2.24, 2.45) is 5.11 Å². The molecule has 0 amide bonds. The summed E-state index contributed by atoms with van der Waals surface area (Å²) in [4.78, 5) is 7.62. The third-order valence-corrected chi connectivity index (χ3v) is 1.66. The van der Waals surface area contributed by atoms with Crippen LogP contribution in [0.1, 0.15) is 6.92 Å². The van der Waals surface area contributed by atoms with Crippen LogP contribution in [0.4, 0.5) is 17.3 Å². The molecule has 76 valence electrons. The quantitative estimate of drug-likeness (QED) is 0.494. The fraction of sp³-hybridized carbons (Fsp3) is 0.429. The third-order valence-electron chi connectivity index (χ3n) is 1.66. The number of hydrogen-bond donors (Lipinski definition) is 3. The standard InChI is InChI=1S/C7H12N6O/c1-4(14-2)12-7-5(13-9)6(8)10-3-11-7/h3-4,9H,1-2H3,(H3,8,10,11,12)/t4-/m1/s1. The predicted octanol–water partition coefficient (Wildman–Crippen LogP) is 1.13. The molecule has 0 saturated carbocycles. The van der Waals surface area contributed by atoms with Gasteiger partial charge >= 0.3 is 0 Å². The van der Waals surface area contributed by atoms with Crippen molar-refractivity contribution in [2.75, 3.05) is 18.2 Å². The van der Waals surface area contributed by atoms with Crippen LogP contribution in [0.25, 0.3) is 0 Å². The lowest BCUT2D eigenvalue weighted by molar-refractivity contribution is 0.140. The van der Waals surface area contributed by atoms with E-state index in [9.17, 15) is 0 Å². The minimum atomic E-state index is -0.232. The van der Waals surface area contributed by atoms with Gasteiger partial charge in [0.2, 0.25) is 0 Å². The molecule has 0 aliphatic heterocycles. The van der Waals surface area contributed by atoms with Gasteiger partial charge in [-0.3, -0.25) is 0 Å². The normalized spacial score (nSPS) is 12.1. The lowest BCUT2D eigenvalue weighted by Crippen LogP contribution is -2.18. The summed E-state index contributed by atoms with van der Waals surface area (Å²) in [5.41, 5.74) is 12.6. The second kappa shape index (κ2) is 4.47. The number of anilines is 2. The van der Waals surface area contributed by atoms with Crippen molar-refractivity contribution in [3.05, 3.63) is 6.33 Å². The highest BCUT2D eigenvalue weighted by molar-refractivity contribution is 5.71. The third kappa shape index (κ3) is 2.13. The maximum absolute atomic E-state index is 6.91. The summed E-state index contributed by atoms with van der Waals surface area (Å²) in [6.45, 7) is 1.80. The Labute approximate surface area is 81.2 Å². The molecule has 0 aliphatic carbocycles. The Morgan fingerprint density at radius 1 is 1.64 bits per heavy atom. The van der Waals surface area contributed by atoms with Gasteiger partial charge in [-0.05, 0) is 6.92 Å². The number of ether oxygens (including phenoxy) is 1. The topological polar surface area (TPSA) is 109 Å². The van der Waals surface area contributed by atoms with Gasteiger partial charge in [-0.15, -0.1) is 0 Å². The molecule has 7 heteroatoms. The summed E-state index contributed by atoms with van der Waals surface area (Å²) in [6.07, 6.45) is 1.07. The van der Waals surface area contributed by atoms with Crippen LogP contribution in [0.2, 0.25) is 0 Å². The maximum atomic E-state index is 6.91. The highest BCUT2D eigenvalue weighted by Crippen LogP contribution is 2.27. The number of methoxy groups -OCH3 is 1. The molecular weight excluding hydrogens is 184 g/mol. The van der Waals surface area contributed by atoms with Gasteiger partial charge in [-0.25, -0.2) is 15.5 Å². The van der Waals surface area contributed by atoms with E-state index in [0.29, 0.717) is 5.82 Å². The number of nitrogen functional groups attached to an aromatic ring is 1. The molecule has 0 saturated heterocycles. The van der Waals surface area contributed by atoms with E-state index >= 15 is 0 Å². The predicted molar refractivity (Wildman–Crippen MR) is 51.3 cm³/mol. The number of nitrogens with two attached hydrogens (primary N) is 1. The zero-order valence-corrected chi connectivity index (χ0v) is 7.98. The molecular formula is C7H12N6O. The molecule has 0 spiro atoms. The van der Waals surface area contributed by atoms with Crippen molar-refractivity contribution in [3.63, 3.8) is 0 Å². The first-order valence-corrected chi connectivity index (χ1v) is 3.96. The van der Waals surface area contributed by atoms with E-state index in [1.54, 1.807) is 14.0 Å². The monoisotopic (exact) mass is 196 g/mol. The van der Waals surface area contributed by atoms with Crippen molar-refractivity contribution >= 4 is 17.3 Å². The van der Waals surface area contributed by atoms with Gasteiger partial charge in [0.05, 0.1) is 0 Å². The molecule has 4 N–H and O–H groups in total. The molecule has 14 heavy (non-hydrogen) atoms. The van der Waals surface area contributed by atoms with E-state index in [2.05, 4.69) is 20.4 Å². The van der Waals surface area contributed by atoms with Gasteiger partial charge in [0, 0.05) is 7.11 Å². The molecule has 1 rings (SSSR count). The molecule has 0 bridgehead atoms. The molecule has 0 unspecified atom stereocenters. The molecule has 0 fully saturated rings. The van der Waals surface area contributed by atoms with E-state index in [0.717, 1.165) is 0 Å². The van der Waals surface area contributed by atoms with Crippen LogP contribution in [0, 0.1) is 5.53 Å². The summed E-state index contributed by atoms with van der Waals surface area (Å²) < 4.78 is 4.98. The largest absolute Gasteiger partial charge is 0.382 e. The summed E-state index contributed by atoms with van der Waals surface area (Å²) >= 11 is 0. The molecule has 0 aliphatic rings. The highest BCUT2D eigenvalue weighted by atomic mass is 16.5. The first-order chi connectivity index (χ1) is 6.69. The van der Waals surface area contributed by atoms with Crippen molar-refractivity contribution in [2.45, 2.75) is 13.2 Å². The van der Waals surface area contributed by atoms with Gasteiger partial charge in [0.1, 0.15) is 12.6 Å². The fourth-order valence-electron chi connectivity index (χ4n) is 0.860. The second-order valence-corrected chi connectivity index (χ2v) is 2.59. The van der Waals surface area contributed by atoms with Gasteiger partial charge < -0.3 is 15.8 Å². The molecule has 0 aromatic carbocycles. The van der Waals surface area contributed by atoms with Gasteiger partial charge in [-0.2, -0.15) is 5.11 Å². The Hall–Kier alpha value is -1.76. The molecule has 1 aromatic rings. The average Bonchev–Trinajstić information content (AvgIpc) is 2.18. The van der Waals surface area contributed by atoms with E-state index < -0.39 is 0 Å². The second-order valence-electron chi connectivity index (χ2n) is 2.59. The van der Waals surface area contributed by atoms with Crippen LogP contribution < -0.4 is 11.1 Å². The molecule has 7 nitrogen and oxygen atoms in total. The molecule has 1 aromatic heterocycles. The Kier molecular flexibility index (Phi) is 3.29. The maximum Gasteiger partial charge on any atom is 0.169 e. The summed E-state index contributed by atoms with van der Waals surface area (Å²) in [7, 11) is 1.56. The first kappa shape index (κ1) is 10.3. The van der Waals surface area contributed by atoms with Crippen LogP contribution >= 0.6 is 0 Å². The van der Waals surface area contributed by atoms with Gasteiger partial charge in [0.25, 0.3) is 0 Å². The van der Waals surface area contributed by atoms with Gasteiger partial charge in [0.15, 0.2) is 17.3 Å². The first-order valence-electron chi connectivity index (χ1n) is 3.96. The molecule has 1 heterocycles. The Morgan fingerprint density at radius 3 is 2.93 bits per heavy atom. The van der Waals surface area contributed by atoms with Crippen LogP contribution in [0.15, 0.2) is 11.4 Å². The van der Waals surface area contributed by atoms with E-state index in [-0.39, 0.29) is 17.7 Å². The zero-order chi connectivity index (χ0) is 10.6. The summed E-state index contributed by atoms with van der Waals surface area (Å²) in [5.74, 6) is 0.558. The van der Waals surface area contributed by atoms with E-state index in [1.807, 2.05) is 0 Å². The smallest absolute Gasteiger partial charge is 0.169 e. The minimum Gasteiger partial charge on any atom is -0.382 e. The number of nitrogens with one attached hydrogen (secondary N) is 2. The molecule has 1 atom stereocenters. The minimum absolute atomic E-state index is 0.167. The van der Waals surface area contributed by atoms with Crippen molar-refractivity contribution in [3.8, 4) is 0 Å².